The van der Waals surface area contributed by atoms with Gasteiger partial charge < -0.3 is 4.90 Å². The van der Waals surface area contributed by atoms with Crippen LogP contribution in [0.15, 0.2) is 29.2 Å². The van der Waals surface area contributed by atoms with Gasteiger partial charge in [-0.05, 0) is 57.4 Å². The summed E-state index contributed by atoms with van der Waals surface area (Å²) in [4.78, 5) is 14.3. The molecule has 0 aliphatic carbocycles. The number of nitrogens with one attached hydrogen (secondary N) is 1. The smallest absolute Gasteiger partial charge is 0.241 e. The minimum absolute atomic E-state index is 0.0443. The number of carbonyl (C=O) groups excluding carboxylic acids is 1. The van der Waals surface area contributed by atoms with Gasteiger partial charge in [-0.1, -0.05) is 0 Å². The predicted molar refractivity (Wildman–Crippen MR) is 86.0 cm³/mol. The van der Waals surface area contributed by atoms with E-state index in [9.17, 15) is 13.2 Å². The molecule has 0 unspecified atom stereocenters. The van der Waals surface area contributed by atoms with Crippen LogP contribution >= 0.6 is 0 Å². The molecule has 1 heterocycles. The van der Waals surface area contributed by atoms with E-state index in [2.05, 4.69) is 4.72 Å². The topological polar surface area (TPSA) is 90.3 Å². The van der Waals surface area contributed by atoms with Crippen LogP contribution in [0.4, 0.5) is 0 Å². The zero-order valence-electron chi connectivity index (χ0n) is 13.3. The number of amides is 1. The van der Waals surface area contributed by atoms with Crippen molar-refractivity contribution in [2.24, 2.45) is 0 Å². The standard InChI is InChI=1S/C16H21N3O3S/c1-12-5-3-4-10-19(12)16(20)13(2)18-23(21,22)15-8-6-14(11-17)7-9-15/h6-9,12-13,18H,3-5,10H2,1-2H3/t12-,13+/m1/s1. The Balaban J connectivity index is 2.09. The first kappa shape index (κ1) is 17.4. The Labute approximate surface area is 137 Å². The quantitative estimate of drug-likeness (QED) is 0.905. The largest absolute Gasteiger partial charge is 0.339 e. The second kappa shape index (κ2) is 7.11. The molecule has 2 atom stereocenters. The van der Waals surface area contributed by atoms with Gasteiger partial charge in [-0.2, -0.15) is 9.98 Å². The number of hydrogen-bond donors (Lipinski definition) is 1. The molecule has 124 valence electrons. The predicted octanol–water partition coefficient (Wildman–Crippen LogP) is 1.63. The molecule has 1 amide bonds. The normalized spacial score (nSPS) is 19.9. The van der Waals surface area contributed by atoms with Crippen LogP contribution in [0.3, 0.4) is 0 Å². The Morgan fingerprint density at radius 1 is 1.35 bits per heavy atom. The fraction of sp³-hybridized carbons (Fsp3) is 0.500. The summed E-state index contributed by atoms with van der Waals surface area (Å²) in [5.41, 5.74) is 0.384. The Bertz CT molecular complexity index is 707. The Morgan fingerprint density at radius 2 is 2.00 bits per heavy atom. The fourth-order valence-corrected chi connectivity index (χ4v) is 3.93. The lowest BCUT2D eigenvalue weighted by Gasteiger charge is -2.35. The summed E-state index contributed by atoms with van der Waals surface area (Å²) in [7, 11) is -3.79. The molecule has 0 radical (unpaired) electrons. The highest BCUT2D eigenvalue weighted by molar-refractivity contribution is 7.89. The van der Waals surface area contributed by atoms with Crippen molar-refractivity contribution in [3.63, 3.8) is 0 Å². The minimum atomic E-state index is -3.79. The first-order valence-electron chi connectivity index (χ1n) is 7.68. The van der Waals surface area contributed by atoms with Gasteiger partial charge in [-0.3, -0.25) is 4.79 Å². The minimum Gasteiger partial charge on any atom is -0.339 e. The highest BCUT2D eigenvalue weighted by Gasteiger charge is 2.29. The second-order valence-electron chi connectivity index (χ2n) is 5.86. The van der Waals surface area contributed by atoms with Gasteiger partial charge >= 0.3 is 0 Å². The zero-order chi connectivity index (χ0) is 17.0. The van der Waals surface area contributed by atoms with Crippen molar-refractivity contribution >= 4 is 15.9 Å². The number of hydrogen-bond acceptors (Lipinski definition) is 4. The van der Waals surface area contributed by atoms with Crippen molar-refractivity contribution in [3.8, 4) is 6.07 Å². The van der Waals surface area contributed by atoms with Crippen molar-refractivity contribution in [1.29, 1.82) is 5.26 Å². The molecule has 7 heteroatoms. The lowest BCUT2D eigenvalue weighted by Crippen LogP contribution is -2.51. The van der Waals surface area contributed by atoms with Gasteiger partial charge in [-0.25, -0.2) is 8.42 Å². The van der Waals surface area contributed by atoms with Crippen LogP contribution in [-0.2, 0) is 14.8 Å². The van der Waals surface area contributed by atoms with Crippen molar-refractivity contribution in [1.82, 2.24) is 9.62 Å². The molecule has 2 rings (SSSR count). The van der Waals surface area contributed by atoms with E-state index in [1.165, 1.54) is 24.3 Å². The molecular formula is C16H21N3O3S. The molecule has 1 aromatic carbocycles. The van der Waals surface area contributed by atoms with E-state index in [0.29, 0.717) is 12.1 Å². The maximum Gasteiger partial charge on any atom is 0.241 e. The average Bonchev–Trinajstić information content (AvgIpc) is 2.54. The number of nitrogens with zero attached hydrogens (tertiary/aromatic N) is 2. The average molecular weight is 335 g/mol. The molecule has 1 aromatic rings. The van der Waals surface area contributed by atoms with Crippen molar-refractivity contribution in [2.75, 3.05) is 6.54 Å². The third-order valence-electron chi connectivity index (χ3n) is 4.08. The molecule has 0 spiro atoms. The molecular weight excluding hydrogens is 314 g/mol. The van der Waals surface area contributed by atoms with Crippen LogP contribution in [-0.4, -0.2) is 37.9 Å². The van der Waals surface area contributed by atoms with Crippen molar-refractivity contribution < 1.29 is 13.2 Å². The Morgan fingerprint density at radius 3 is 2.57 bits per heavy atom. The molecule has 0 aromatic heterocycles. The monoisotopic (exact) mass is 335 g/mol. The Kier molecular flexibility index (Phi) is 5.39. The molecule has 6 nitrogen and oxygen atoms in total. The number of piperidine rings is 1. The molecule has 1 fully saturated rings. The third kappa shape index (κ3) is 4.09. The molecule has 1 N–H and O–H groups in total. The highest BCUT2D eigenvalue weighted by Crippen LogP contribution is 2.18. The number of rotatable bonds is 4. The van der Waals surface area contributed by atoms with Crippen LogP contribution in [0.25, 0.3) is 0 Å². The first-order chi connectivity index (χ1) is 10.8. The molecule has 1 aliphatic heterocycles. The number of likely N-dealkylation sites (tertiary alicyclic amines) is 1. The van der Waals surface area contributed by atoms with Crippen LogP contribution < -0.4 is 4.72 Å². The zero-order valence-corrected chi connectivity index (χ0v) is 14.1. The van der Waals surface area contributed by atoms with Gasteiger partial charge in [0, 0.05) is 12.6 Å². The number of benzene rings is 1. The maximum atomic E-state index is 12.5. The summed E-state index contributed by atoms with van der Waals surface area (Å²) in [5.74, 6) is -0.200. The lowest BCUT2D eigenvalue weighted by atomic mass is 10.0. The number of nitriles is 1. The summed E-state index contributed by atoms with van der Waals surface area (Å²) >= 11 is 0. The fourth-order valence-electron chi connectivity index (χ4n) is 2.73. The SMILES string of the molecule is C[C@H](NS(=O)(=O)c1ccc(C#N)cc1)C(=O)N1CCCC[C@H]1C. The van der Waals surface area contributed by atoms with Crippen molar-refractivity contribution in [2.45, 2.75) is 50.1 Å². The summed E-state index contributed by atoms with van der Waals surface area (Å²) in [6.07, 6.45) is 2.99. The van der Waals surface area contributed by atoms with Gasteiger partial charge in [0.25, 0.3) is 0 Å². The first-order valence-corrected chi connectivity index (χ1v) is 9.16. The summed E-state index contributed by atoms with van der Waals surface area (Å²) in [6.45, 7) is 4.21. The van der Waals surface area contributed by atoms with Gasteiger partial charge in [0.15, 0.2) is 0 Å². The lowest BCUT2D eigenvalue weighted by molar-refractivity contribution is -0.135. The summed E-state index contributed by atoms with van der Waals surface area (Å²) in [5, 5.41) is 8.75. The van der Waals surface area contributed by atoms with Gasteiger partial charge in [0.1, 0.15) is 0 Å². The highest BCUT2D eigenvalue weighted by atomic mass is 32.2. The van der Waals surface area contributed by atoms with E-state index in [0.717, 1.165) is 19.3 Å². The van der Waals surface area contributed by atoms with Gasteiger partial charge in [0.05, 0.1) is 22.6 Å². The summed E-state index contributed by atoms with van der Waals surface area (Å²) < 4.78 is 27.1. The van der Waals surface area contributed by atoms with Crippen molar-refractivity contribution in [3.05, 3.63) is 29.8 Å². The van der Waals surface area contributed by atoms with Gasteiger partial charge in [-0.15, -0.1) is 0 Å². The molecule has 0 saturated carbocycles. The second-order valence-corrected chi connectivity index (χ2v) is 7.57. The number of sulfonamides is 1. The van der Waals surface area contributed by atoms with E-state index in [4.69, 9.17) is 5.26 Å². The van der Waals surface area contributed by atoms with E-state index >= 15 is 0 Å². The Hall–Kier alpha value is -1.91. The van der Waals surface area contributed by atoms with E-state index in [-0.39, 0.29) is 16.8 Å². The van der Waals surface area contributed by atoms with Crippen LogP contribution in [0.5, 0.6) is 0 Å². The van der Waals surface area contributed by atoms with E-state index < -0.39 is 16.1 Å². The van der Waals surface area contributed by atoms with Crippen LogP contribution in [0, 0.1) is 11.3 Å². The third-order valence-corrected chi connectivity index (χ3v) is 5.64. The molecule has 0 bridgehead atoms. The number of carbonyl (C=O) groups is 1. The molecule has 23 heavy (non-hydrogen) atoms. The van der Waals surface area contributed by atoms with Crippen LogP contribution in [0.1, 0.15) is 38.7 Å². The van der Waals surface area contributed by atoms with Crippen LogP contribution in [0.2, 0.25) is 0 Å². The molecule has 1 aliphatic rings. The molecule has 1 saturated heterocycles. The van der Waals surface area contributed by atoms with Gasteiger partial charge in [0.2, 0.25) is 15.9 Å². The van der Waals surface area contributed by atoms with E-state index in [1.807, 2.05) is 13.0 Å². The summed E-state index contributed by atoms with van der Waals surface area (Å²) in [6, 6.07) is 6.85. The van der Waals surface area contributed by atoms with E-state index in [1.54, 1.807) is 11.8 Å². The maximum absolute atomic E-state index is 12.5.